The number of benzene rings is 1. The molecule has 1 nitrogen and oxygen atoms in total. The summed E-state index contributed by atoms with van der Waals surface area (Å²) >= 11 is 5.99. The van der Waals surface area contributed by atoms with Crippen molar-refractivity contribution in [2.75, 3.05) is 0 Å². The highest BCUT2D eigenvalue weighted by Crippen LogP contribution is 2.32. The van der Waals surface area contributed by atoms with E-state index in [1.54, 1.807) is 0 Å². The predicted octanol–water partition coefficient (Wildman–Crippen LogP) is 3.81. The molecule has 0 aliphatic rings. The van der Waals surface area contributed by atoms with Gasteiger partial charge in [0.05, 0.1) is 0 Å². The van der Waals surface area contributed by atoms with E-state index in [0.717, 1.165) is 11.8 Å². The van der Waals surface area contributed by atoms with Crippen molar-refractivity contribution in [3.8, 4) is 0 Å². The lowest BCUT2D eigenvalue weighted by molar-refractivity contribution is -0.108. The quantitative estimate of drug-likeness (QED) is 0.717. The summed E-state index contributed by atoms with van der Waals surface area (Å²) < 4.78 is 13.1. The molecule has 1 aromatic carbocycles. The van der Waals surface area contributed by atoms with Gasteiger partial charge >= 0.3 is 0 Å². The molecule has 0 radical (unpaired) electrons. The van der Waals surface area contributed by atoms with Gasteiger partial charge in [-0.25, -0.2) is 4.39 Å². The zero-order valence-electron chi connectivity index (χ0n) is 8.84. The van der Waals surface area contributed by atoms with Crippen molar-refractivity contribution in [3.63, 3.8) is 0 Å². The first-order valence-electron chi connectivity index (χ1n) is 4.94. The maximum Gasteiger partial charge on any atom is 0.123 e. The molecule has 0 aliphatic heterocycles. The Morgan fingerprint density at radius 1 is 1.47 bits per heavy atom. The standard InChI is InChI=1S/C12H14ClFO/c1-8(2)10(5-6-15)11-7-9(14)3-4-12(11)13/h3-4,6-8,10H,5H2,1-2H3. The Balaban J connectivity index is 3.09. The van der Waals surface area contributed by atoms with E-state index in [1.165, 1.54) is 18.2 Å². The molecular weight excluding hydrogens is 215 g/mol. The van der Waals surface area contributed by atoms with Crippen LogP contribution in [0, 0.1) is 11.7 Å². The zero-order valence-corrected chi connectivity index (χ0v) is 9.59. The molecule has 0 fully saturated rings. The minimum absolute atomic E-state index is 0.00861. The normalized spacial score (nSPS) is 12.9. The molecule has 0 bridgehead atoms. The predicted molar refractivity (Wildman–Crippen MR) is 59.7 cm³/mol. The number of carbonyl (C=O) groups is 1. The van der Waals surface area contributed by atoms with E-state index >= 15 is 0 Å². The molecule has 0 saturated heterocycles. The topological polar surface area (TPSA) is 17.1 Å². The molecule has 82 valence electrons. The fourth-order valence-electron chi connectivity index (χ4n) is 1.66. The van der Waals surface area contributed by atoms with Gasteiger partial charge in [0.25, 0.3) is 0 Å². The number of hydrogen-bond acceptors (Lipinski definition) is 1. The third kappa shape index (κ3) is 3.03. The van der Waals surface area contributed by atoms with Gasteiger partial charge in [-0.05, 0) is 35.6 Å². The highest BCUT2D eigenvalue weighted by molar-refractivity contribution is 6.31. The highest BCUT2D eigenvalue weighted by atomic mass is 35.5. The fourth-order valence-corrected chi connectivity index (χ4v) is 1.92. The molecule has 1 aromatic rings. The lowest BCUT2D eigenvalue weighted by Crippen LogP contribution is -2.08. The molecule has 0 heterocycles. The van der Waals surface area contributed by atoms with Crippen molar-refractivity contribution in [2.45, 2.75) is 26.2 Å². The van der Waals surface area contributed by atoms with Crippen molar-refractivity contribution in [2.24, 2.45) is 5.92 Å². The Morgan fingerprint density at radius 3 is 2.67 bits per heavy atom. The summed E-state index contributed by atoms with van der Waals surface area (Å²) in [5, 5.41) is 0.525. The molecule has 1 rings (SSSR count). The summed E-state index contributed by atoms with van der Waals surface area (Å²) in [6, 6.07) is 4.27. The maximum absolute atomic E-state index is 13.1. The number of hydrogen-bond donors (Lipinski definition) is 0. The van der Waals surface area contributed by atoms with E-state index < -0.39 is 0 Å². The molecule has 0 N–H and O–H groups in total. The van der Waals surface area contributed by atoms with Crippen LogP contribution in [0.3, 0.4) is 0 Å². The molecule has 0 aliphatic carbocycles. The van der Waals surface area contributed by atoms with Crippen LogP contribution in [-0.4, -0.2) is 6.29 Å². The smallest absolute Gasteiger partial charge is 0.123 e. The molecule has 0 spiro atoms. The SMILES string of the molecule is CC(C)C(CC=O)c1cc(F)ccc1Cl. The summed E-state index contributed by atoms with van der Waals surface area (Å²) in [6.07, 6.45) is 1.23. The van der Waals surface area contributed by atoms with Crippen LogP contribution < -0.4 is 0 Å². The Kier molecular flexibility index (Phi) is 4.28. The van der Waals surface area contributed by atoms with E-state index in [9.17, 15) is 9.18 Å². The van der Waals surface area contributed by atoms with E-state index in [-0.39, 0.29) is 17.7 Å². The molecule has 3 heteroatoms. The van der Waals surface area contributed by atoms with E-state index in [0.29, 0.717) is 11.4 Å². The highest BCUT2D eigenvalue weighted by Gasteiger charge is 2.18. The summed E-state index contributed by atoms with van der Waals surface area (Å²) in [4.78, 5) is 10.6. The molecular formula is C12H14ClFO. The number of carbonyl (C=O) groups excluding carboxylic acids is 1. The van der Waals surface area contributed by atoms with Crippen LogP contribution >= 0.6 is 11.6 Å². The van der Waals surface area contributed by atoms with Crippen LogP contribution in [0.5, 0.6) is 0 Å². The second-order valence-corrected chi connectivity index (χ2v) is 4.33. The Bertz CT molecular complexity index is 349. The van der Waals surface area contributed by atoms with E-state index in [1.807, 2.05) is 13.8 Å². The van der Waals surface area contributed by atoms with Crippen LogP contribution in [0.4, 0.5) is 4.39 Å². The Hall–Kier alpha value is -0.890. The Labute approximate surface area is 94.3 Å². The number of aldehydes is 1. The lowest BCUT2D eigenvalue weighted by Gasteiger charge is -2.20. The molecule has 15 heavy (non-hydrogen) atoms. The summed E-state index contributed by atoms with van der Waals surface area (Å²) in [7, 11) is 0. The minimum atomic E-state index is -0.314. The van der Waals surface area contributed by atoms with Gasteiger partial charge in [-0.1, -0.05) is 25.4 Å². The summed E-state index contributed by atoms with van der Waals surface area (Å²) in [6.45, 7) is 3.99. The van der Waals surface area contributed by atoms with Crippen molar-refractivity contribution < 1.29 is 9.18 Å². The first-order valence-corrected chi connectivity index (χ1v) is 5.32. The van der Waals surface area contributed by atoms with Crippen LogP contribution in [-0.2, 0) is 4.79 Å². The number of rotatable bonds is 4. The van der Waals surface area contributed by atoms with Gasteiger partial charge in [0.15, 0.2) is 0 Å². The average molecular weight is 229 g/mol. The van der Waals surface area contributed by atoms with E-state index in [4.69, 9.17) is 11.6 Å². The second kappa shape index (κ2) is 5.26. The van der Waals surface area contributed by atoms with Gasteiger partial charge < -0.3 is 4.79 Å². The molecule has 0 aromatic heterocycles. The van der Waals surface area contributed by atoms with Gasteiger partial charge in [0.1, 0.15) is 12.1 Å². The fraction of sp³-hybridized carbons (Fsp3) is 0.417. The summed E-state index contributed by atoms with van der Waals surface area (Å²) in [5.41, 5.74) is 0.721. The molecule has 0 saturated carbocycles. The number of halogens is 2. The van der Waals surface area contributed by atoms with Crippen LogP contribution in [0.15, 0.2) is 18.2 Å². The van der Waals surface area contributed by atoms with Gasteiger partial charge in [-0.3, -0.25) is 0 Å². The average Bonchev–Trinajstić information content (AvgIpc) is 2.18. The van der Waals surface area contributed by atoms with Crippen molar-refractivity contribution in [3.05, 3.63) is 34.6 Å². The lowest BCUT2D eigenvalue weighted by atomic mass is 9.86. The third-order valence-corrected chi connectivity index (χ3v) is 2.86. The van der Waals surface area contributed by atoms with Gasteiger partial charge in [0, 0.05) is 11.4 Å². The van der Waals surface area contributed by atoms with Crippen LogP contribution in [0.1, 0.15) is 31.7 Å². The second-order valence-electron chi connectivity index (χ2n) is 3.92. The van der Waals surface area contributed by atoms with Crippen LogP contribution in [0.2, 0.25) is 5.02 Å². The molecule has 1 atom stereocenters. The first-order chi connectivity index (χ1) is 7.06. The maximum atomic E-state index is 13.1. The van der Waals surface area contributed by atoms with E-state index in [2.05, 4.69) is 0 Å². The van der Waals surface area contributed by atoms with Gasteiger partial charge in [0.2, 0.25) is 0 Å². The van der Waals surface area contributed by atoms with Crippen molar-refractivity contribution in [1.82, 2.24) is 0 Å². The van der Waals surface area contributed by atoms with Crippen LogP contribution in [0.25, 0.3) is 0 Å². The van der Waals surface area contributed by atoms with Crippen molar-refractivity contribution >= 4 is 17.9 Å². The summed E-state index contributed by atoms with van der Waals surface area (Å²) in [5.74, 6) is -0.0638. The van der Waals surface area contributed by atoms with Gasteiger partial charge in [-0.2, -0.15) is 0 Å². The largest absolute Gasteiger partial charge is 0.303 e. The Morgan fingerprint density at radius 2 is 2.13 bits per heavy atom. The monoisotopic (exact) mass is 228 g/mol. The third-order valence-electron chi connectivity index (χ3n) is 2.51. The minimum Gasteiger partial charge on any atom is -0.303 e. The zero-order chi connectivity index (χ0) is 11.4. The molecule has 0 amide bonds. The molecule has 1 unspecified atom stereocenters. The first kappa shape index (κ1) is 12.2. The van der Waals surface area contributed by atoms with Gasteiger partial charge in [-0.15, -0.1) is 0 Å². The van der Waals surface area contributed by atoms with Crippen molar-refractivity contribution in [1.29, 1.82) is 0 Å².